The Labute approximate surface area is 99.5 Å². The van der Waals surface area contributed by atoms with Gasteiger partial charge in [-0.3, -0.25) is 4.79 Å². The Kier molecular flexibility index (Phi) is 3.07. The van der Waals surface area contributed by atoms with Gasteiger partial charge in [0.15, 0.2) is 5.75 Å². The summed E-state index contributed by atoms with van der Waals surface area (Å²) in [6.07, 6.45) is 1.28. The number of aromatic amines is 1. The van der Waals surface area contributed by atoms with E-state index in [1.807, 2.05) is 0 Å². The molecular weight excluding hydrogens is 250 g/mol. The first-order valence-electron chi connectivity index (χ1n) is 4.31. The van der Waals surface area contributed by atoms with Crippen molar-refractivity contribution in [3.05, 3.63) is 50.0 Å². The molecule has 4 nitrogen and oxygen atoms in total. The van der Waals surface area contributed by atoms with Crippen molar-refractivity contribution in [2.24, 2.45) is 0 Å². The normalized spacial score (nSPS) is 10.1. The molecule has 16 heavy (non-hydrogen) atoms. The highest BCUT2D eigenvalue weighted by Gasteiger charge is 2.12. The van der Waals surface area contributed by atoms with Crippen molar-refractivity contribution in [3.63, 3.8) is 0 Å². The molecule has 0 atom stereocenters. The first kappa shape index (κ1) is 10.9. The zero-order valence-electron chi connectivity index (χ0n) is 7.90. The lowest BCUT2D eigenvalue weighted by atomic mass is 10.4. The van der Waals surface area contributed by atoms with Crippen LogP contribution >= 0.6 is 22.9 Å². The minimum Gasteiger partial charge on any atom is -0.420 e. The summed E-state index contributed by atoms with van der Waals surface area (Å²) in [4.78, 5) is 25.4. The lowest BCUT2D eigenvalue weighted by molar-refractivity contribution is 0.0739. The van der Waals surface area contributed by atoms with Gasteiger partial charge in [-0.25, -0.2) is 4.79 Å². The Morgan fingerprint density at radius 2 is 2.31 bits per heavy atom. The molecule has 0 aromatic carbocycles. The van der Waals surface area contributed by atoms with Gasteiger partial charge in [-0.2, -0.15) is 0 Å². The molecule has 0 unspecified atom stereocenters. The van der Waals surface area contributed by atoms with E-state index in [0.717, 1.165) is 6.07 Å². The molecule has 1 N–H and O–H groups in total. The number of hydrogen-bond acceptors (Lipinski definition) is 4. The largest absolute Gasteiger partial charge is 0.420 e. The van der Waals surface area contributed by atoms with E-state index in [-0.39, 0.29) is 16.3 Å². The van der Waals surface area contributed by atoms with E-state index in [9.17, 15) is 9.59 Å². The predicted molar refractivity (Wildman–Crippen MR) is 61.4 cm³/mol. The second-order valence-electron chi connectivity index (χ2n) is 2.88. The number of rotatable bonds is 2. The maximum atomic E-state index is 11.6. The third-order valence-corrected chi connectivity index (χ3v) is 2.91. The standard InChI is InChI=1S/C10H6ClNO3S/c11-6-5-12-9(13)4-7(6)15-10(14)8-2-1-3-16-8/h1-5H,(H,12,13). The van der Waals surface area contributed by atoms with Crippen molar-refractivity contribution in [3.8, 4) is 5.75 Å². The van der Waals surface area contributed by atoms with Gasteiger partial charge in [0.25, 0.3) is 5.56 Å². The first-order valence-corrected chi connectivity index (χ1v) is 5.56. The van der Waals surface area contributed by atoms with Gasteiger partial charge in [-0.1, -0.05) is 17.7 Å². The molecule has 0 radical (unpaired) electrons. The van der Waals surface area contributed by atoms with Crippen molar-refractivity contribution >= 4 is 28.9 Å². The molecule has 0 aliphatic carbocycles. The van der Waals surface area contributed by atoms with E-state index in [1.165, 1.54) is 17.5 Å². The van der Waals surface area contributed by atoms with E-state index < -0.39 is 5.97 Å². The summed E-state index contributed by atoms with van der Waals surface area (Å²) in [5, 5.41) is 1.94. The third kappa shape index (κ3) is 2.32. The van der Waals surface area contributed by atoms with Crippen LogP contribution in [0.2, 0.25) is 5.02 Å². The fraction of sp³-hybridized carbons (Fsp3) is 0. The minimum atomic E-state index is -0.525. The van der Waals surface area contributed by atoms with Gasteiger partial charge in [-0.15, -0.1) is 11.3 Å². The van der Waals surface area contributed by atoms with Gasteiger partial charge in [0, 0.05) is 12.3 Å². The highest BCUT2D eigenvalue weighted by atomic mass is 35.5. The molecule has 2 aromatic heterocycles. The smallest absolute Gasteiger partial charge is 0.353 e. The molecule has 0 saturated heterocycles. The van der Waals surface area contributed by atoms with Gasteiger partial charge in [0.1, 0.15) is 4.88 Å². The van der Waals surface area contributed by atoms with E-state index >= 15 is 0 Å². The summed E-state index contributed by atoms with van der Waals surface area (Å²) in [7, 11) is 0. The van der Waals surface area contributed by atoms with Crippen molar-refractivity contribution in [2.45, 2.75) is 0 Å². The van der Waals surface area contributed by atoms with Crippen LogP contribution in [-0.2, 0) is 0 Å². The van der Waals surface area contributed by atoms with Crippen molar-refractivity contribution in [2.75, 3.05) is 0 Å². The Morgan fingerprint density at radius 3 is 3.00 bits per heavy atom. The predicted octanol–water partition coefficient (Wildman–Crippen LogP) is 2.31. The van der Waals surface area contributed by atoms with E-state index in [2.05, 4.69) is 4.98 Å². The number of hydrogen-bond donors (Lipinski definition) is 1. The summed E-state index contributed by atoms with van der Waals surface area (Å²) in [6.45, 7) is 0. The van der Waals surface area contributed by atoms with Crippen LogP contribution in [0.4, 0.5) is 0 Å². The van der Waals surface area contributed by atoms with Crippen molar-refractivity contribution in [1.82, 2.24) is 4.98 Å². The van der Waals surface area contributed by atoms with Crippen LogP contribution in [0.3, 0.4) is 0 Å². The summed E-state index contributed by atoms with van der Waals surface area (Å²) < 4.78 is 4.99. The number of esters is 1. The summed E-state index contributed by atoms with van der Waals surface area (Å²) in [5.41, 5.74) is -0.377. The second-order valence-corrected chi connectivity index (χ2v) is 4.23. The molecule has 0 spiro atoms. The summed E-state index contributed by atoms with van der Waals surface area (Å²) >= 11 is 7.01. The van der Waals surface area contributed by atoms with Crippen LogP contribution in [-0.4, -0.2) is 11.0 Å². The lowest BCUT2D eigenvalue weighted by Crippen LogP contribution is -2.10. The number of H-pyrrole nitrogens is 1. The Bertz CT molecular complexity index is 562. The van der Waals surface area contributed by atoms with Crippen LogP contribution in [0.1, 0.15) is 9.67 Å². The molecule has 2 rings (SSSR count). The molecule has 82 valence electrons. The van der Waals surface area contributed by atoms with E-state index in [4.69, 9.17) is 16.3 Å². The number of halogens is 1. The van der Waals surface area contributed by atoms with Crippen LogP contribution in [0.5, 0.6) is 5.75 Å². The quantitative estimate of drug-likeness (QED) is 0.838. The molecular formula is C10H6ClNO3S. The fourth-order valence-electron chi connectivity index (χ4n) is 1.06. The number of nitrogens with one attached hydrogen (secondary N) is 1. The molecule has 0 amide bonds. The monoisotopic (exact) mass is 255 g/mol. The van der Waals surface area contributed by atoms with E-state index in [0.29, 0.717) is 4.88 Å². The first-order chi connectivity index (χ1) is 7.66. The van der Waals surface area contributed by atoms with Gasteiger partial charge < -0.3 is 9.72 Å². The lowest BCUT2D eigenvalue weighted by Gasteiger charge is -2.03. The number of ether oxygens (including phenoxy) is 1. The second kappa shape index (κ2) is 4.51. The Balaban J connectivity index is 2.24. The molecule has 6 heteroatoms. The number of carbonyl (C=O) groups excluding carboxylic acids is 1. The van der Waals surface area contributed by atoms with Crippen molar-refractivity contribution in [1.29, 1.82) is 0 Å². The van der Waals surface area contributed by atoms with Crippen molar-refractivity contribution < 1.29 is 9.53 Å². The van der Waals surface area contributed by atoms with Crippen LogP contribution in [0.15, 0.2) is 34.6 Å². The summed E-state index contributed by atoms with van der Waals surface area (Å²) in [5.74, 6) is -0.466. The fourth-order valence-corrected chi connectivity index (χ4v) is 1.80. The van der Waals surface area contributed by atoms with E-state index in [1.54, 1.807) is 17.5 Å². The highest BCUT2D eigenvalue weighted by molar-refractivity contribution is 7.12. The number of aromatic nitrogens is 1. The Hall–Kier alpha value is -1.59. The maximum Gasteiger partial charge on any atom is 0.353 e. The zero-order chi connectivity index (χ0) is 11.5. The van der Waals surface area contributed by atoms with Crippen LogP contribution in [0, 0.1) is 0 Å². The molecule has 2 aromatic rings. The molecule has 0 fully saturated rings. The highest BCUT2D eigenvalue weighted by Crippen LogP contribution is 2.22. The number of thiophene rings is 1. The zero-order valence-corrected chi connectivity index (χ0v) is 9.47. The number of pyridine rings is 1. The molecule has 0 aliphatic heterocycles. The molecule has 0 saturated carbocycles. The maximum absolute atomic E-state index is 11.6. The topological polar surface area (TPSA) is 59.2 Å². The van der Waals surface area contributed by atoms with Gasteiger partial charge in [0.2, 0.25) is 0 Å². The van der Waals surface area contributed by atoms with Crippen LogP contribution in [0.25, 0.3) is 0 Å². The average molecular weight is 256 g/mol. The average Bonchev–Trinajstić information content (AvgIpc) is 2.76. The molecule has 2 heterocycles. The molecule has 0 aliphatic rings. The number of carbonyl (C=O) groups is 1. The minimum absolute atomic E-state index is 0.0591. The van der Waals surface area contributed by atoms with Gasteiger partial charge in [-0.05, 0) is 11.4 Å². The van der Waals surface area contributed by atoms with Gasteiger partial charge >= 0.3 is 5.97 Å². The third-order valence-electron chi connectivity index (χ3n) is 1.76. The van der Waals surface area contributed by atoms with Gasteiger partial charge in [0.05, 0.1) is 5.02 Å². The summed E-state index contributed by atoms with van der Waals surface area (Å²) in [6, 6.07) is 4.50. The Morgan fingerprint density at radius 1 is 1.50 bits per heavy atom. The SMILES string of the molecule is O=C(Oc1cc(=O)[nH]cc1Cl)c1cccs1. The molecule has 0 bridgehead atoms. The van der Waals surface area contributed by atoms with Crippen LogP contribution < -0.4 is 10.3 Å².